The van der Waals surface area contributed by atoms with Crippen molar-refractivity contribution in [3.05, 3.63) is 35.4 Å². The van der Waals surface area contributed by atoms with E-state index in [4.69, 9.17) is 0 Å². The molecule has 4 amide bonds. The highest BCUT2D eigenvalue weighted by Gasteiger charge is 2.30. The van der Waals surface area contributed by atoms with Crippen LogP contribution in [0.3, 0.4) is 0 Å². The van der Waals surface area contributed by atoms with Gasteiger partial charge in [0.15, 0.2) is 0 Å². The predicted octanol–water partition coefficient (Wildman–Crippen LogP) is -0.189. The Morgan fingerprint density at radius 2 is 1.81 bits per heavy atom. The van der Waals surface area contributed by atoms with Crippen molar-refractivity contribution >= 4 is 17.8 Å². The number of hydrogen-bond acceptors (Lipinski definition) is 5. The van der Waals surface area contributed by atoms with Crippen molar-refractivity contribution in [2.45, 2.75) is 32.0 Å². The third-order valence-electron chi connectivity index (χ3n) is 4.91. The minimum atomic E-state index is -0.609. The first kappa shape index (κ1) is 18.3. The SMILES string of the molecule is O=C1NC(=O)[C@@H](CCC(=O)N2CCN(Cc3ccccc3CO)CC2)N1. The van der Waals surface area contributed by atoms with Crippen LogP contribution in [0, 0.1) is 0 Å². The number of imide groups is 1. The van der Waals surface area contributed by atoms with E-state index >= 15 is 0 Å². The van der Waals surface area contributed by atoms with Gasteiger partial charge in [0.2, 0.25) is 5.91 Å². The second kappa shape index (κ2) is 8.29. The molecular formula is C18H24N4O4. The molecule has 8 nitrogen and oxygen atoms in total. The van der Waals surface area contributed by atoms with Gasteiger partial charge >= 0.3 is 6.03 Å². The van der Waals surface area contributed by atoms with Crippen LogP contribution in [0.4, 0.5) is 4.79 Å². The Morgan fingerprint density at radius 3 is 2.42 bits per heavy atom. The van der Waals surface area contributed by atoms with Crippen molar-refractivity contribution in [3.63, 3.8) is 0 Å². The van der Waals surface area contributed by atoms with E-state index in [-0.39, 0.29) is 24.8 Å². The van der Waals surface area contributed by atoms with Crippen LogP contribution in [-0.4, -0.2) is 65.0 Å². The topological polar surface area (TPSA) is 102 Å². The molecule has 1 atom stereocenters. The van der Waals surface area contributed by atoms with Crippen molar-refractivity contribution in [2.75, 3.05) is 26.2 Å². The number of carbonyl (C=O) groups excluding carboxylic acids is 3. The van der Waals surface area contributed by atoms with Crippen LogP contribution in [0.5, 0.6) is 0 Å². The van der Waals surface area contributed by atoms with Gasteiger partial charge in [-0.15, -0.1) is 0 Å². The summed E-state index contributed by atoms with van der Waals surface area (Å²) >= 11 is 0. The average Bonchev–Trinajstić information content (AvgIpc) is 2.98. The van der Waals surface area contributed by atoms with Gasteiger partial charge in [-0.05, 0) is 17.5 Å². The summed E-state index contributed by atoms with van der Waals surface area (Å²) in [5, 5.41) is 14.1. The van der Waals surface area contributed by atoms with Crippen molar-refractivity contribution in [1.29, 1.82) is 0 Å². The number of hydrogen-bond donors (Lipinski definition) is 3. The van der Waals surface area contributed by atoms with E-state index in [1.807, 2.05) is 29.2 Å². The van der Waals surface area contributed by atoms with Gasteiger partial charge in [0, 0.05) is 39.1 Å². The van der Waals surface area contributed by atoms with Gasteiger partial charge in [0.05, 0.1) is 6.61 Å². The van der Waals surface area contributed by atoms with Crippen LogP contribution in [0.25, 0.3) is 0 Å². The maximum absolute atomic E-state index is 12.3. The number of aliphatic hydroxyl groups excluding tert-OH is 1. The standard InChI is InChI=1S/C18H24N4O4/c23-12-14-4-2-1-3-13(14)11-21-7-9-22(10-8-21)16(24)6-5-15-17(25)20-18(26)19-15/h1-4,15,23H,5-12H2,(H2,19,20,25,26)/t15-/m1/s1. The highest BCUT2D eigenvalue weighted by atomic mass is 16.3. The fraction of sp³-hybridized carbons (Fsp3) is 0.500. The van der Waals surface area contributed by atoms with Crippen molar-refractivity contribution in [3.8, 4) is 0 Å². The maximum Gasteiger partial charge on any atom is 0.322 e. The normalized spacial score (nSPS) is 20.8. The molecule has 2 aliphatic heterocycles. The zero-order chi connectivity index (χ0) is 18.5. The predicted molar refractivity (Wildman–Crippen MR) is 93.9 cm³/mol. The van der Waals surface area contributed by atoms with Gasteiger partial charge in [-0.1, -0.05) is 24.3 Å². The van der Waals surface area contributed by atoms with Crippen LogP contribution < -0.4 is 10.6 Å². The third kappa shape index (κ3) is 4.39. The summed E-state index contributed by atoms with van der Waals surface area (Å²) in [5.41, 5.74) is 2.04. The smallest absolute Gasteiger partial charge is 0.322 e. The fourth-order valence-corrected chi connectivity index (χ4v) is 3.35. The average molecular weight is 360 g/mol. The van der Waals surface area contributed by atoms with Crippen LogP contribution in [0.1, 0.15) is 24.0 Å². The van der Waals surface area contributed by atoms with Crippen LogP contribution in [0.2, 0.25) is 0 Å². The quantitative estimate of drug-likeness (QED) is 0.611. The molecule has 3 N–H and O–H groups in total. The molecule has 0 radical (unpaired) electrons. The van der Waals surface area contributed by atoms with Gasteiger partial charge in [-0.25, -0.2) is 4.79 Å². The summed E-state index contributed by atoms with van der Waals surface area (Å²) < 4.78 is 0. The van der Waals surface area contributed by atoms with Crippen molar-refractivity contribution in [2.24, 2.45) is 0 Å². The van der Waals surface area contributed by atoms with Gasteiger partial charge in [0.1, 0.15) is 6.04 Å². The lowest BCUT2D eigenvalue weighted by Crippen LogP contribution is -2.48. The van der Waals surface area contributed by atoms with E-state index in [0.29, 0.717) is 19.5 Å². The molecule has 140 valence electrons. The van der Waals surface area contributed by atoms with Gasteiger partial charge in [0.25, 0.3) is 5.91 Å². The second-order valence-corrected chi connectivity index (χ2v) is 6.64. The number of aliphatic hydroxyl groups is 1. The van der Waals surface area contributed by atoms with Gasteiger partial charge < -0.3 is 15.3 Å². The zero-order valence-electron chi connectivity index (χ0n) is 14.6. The van der Waals surface area contributed by atoms with E-state index in [9.17, 15) is 19.5 Å². The molecule has 0 spiro atoms. The van der Waals surface area contributed by atoms with E-state index in [1.165, 1.54) is 0 Å². The Balaban J connectivity index is 1.44. The lowest BCUT2D eigenvalue weighted by Gasteiger charge is -2.35. The summed E-state index contributed by atoms with van der Waals surface area (Å²) in [6.45, 7) is 3.61. The number of rotatable bonds is 6. The molecule has 2 aliphatic rings. The fourth-order valence-electron chi connectivity index (χ4n) is 3.35. The molecule has 2 saturated heterocycles. The molecule has 1 aromatic rings. The molecular weight excluding hydrogens is 336 g/mol. The molecule has 0 aromatic heterocycles. The van der Waals surface area contributed by atoms with E-state index < -0.39 is 12.1 Å². The third-order valence-corrected chi connectivity index (χ3v) is 4.91. The Bertz CT molecular complexity index is 686. The summed E-state index contributed by atoms with van der Waals surface area (Å²) in [6, 6.07) is 6.72. The number of nitrogens with zero attached hydrogens (tertiary/aromatic N) is 2. The maximum atomic E-state index is 12.3. The Morgan fingerprint density at radius 1 is 1.12 bits per heavy atom. The first-order valence-electron chi connectivity index (χ1n) is 8.86. The van der Waals surface area contributed by atoms with Gasteiger partial charge in [-0.2, -0.15) is 0 Å². The number of piperazine rings is 1. The first-order valence-corrected chi connectivity index (χ1v) is 8.86. The van der Waals surface area contributed by atoms with E-state index in [1.54, 1.807) is 0 Å². The second-order valence-electron chi connectivity index (χ2n) is 6.64. The molecule has 0 unspecified atom stereocenters. The van der Waals surface area contributed by atoms with Gasteiger partial charge in [-0.3, -0.25) is 19.8 Å². The van der Waals surface area contributed by atoms with Crippen LogP contribution in [0.15, 0.2) is 24.3 Å². The molecule has 0 bridgehead atoms. The molecule has 3 rings (SSSR count). The Hall–Kier alpha value is -2.45. The minimum Gasteiger partial charge on any atom is -0.392 e. The Kier molecular flexibility index (Phi) is 5.85. The number of nitrogens with one attached hydrogen (secondary N) is 2. The molecule has 0 saturated carbocycles. The Labute approximate surface area is 152 Å². The molecule has 1 aromatic carbocycles. The first-order chi connectivity index (χ1) is 12.6. The number of urea groups is 1. The number of benzene rings is 1. The largest absolute Gasteiger partial charge is 0.392 e. The van der Waals surface area contributed by atoms with Crippen molar-refractivity contribution < 1.29 is 19.5 Å². The summed E-state index contributed by atoms with van der Waals surface area (Å²) in [4.78, 5) is 39.0. The van der Waals surface area contributed by atoms with E-state index in [2.05, 4.69) is 15.5 Å². The highest BCUT2D eigenvalue weighted by Crippen LogP contribution is 2.14. The summed E-state index contributed by atoms with van der Waals surface area (Å²) in [6.07, 6.45) is 0.562. The molecule has 2 heterocycles. The number of amides is 4. The van der Waals surface area contributed by atoms with Crippen molar-refractivity contribution in [1.82, 2.24) is 20.4 Å². The minimum absolute atomic E-state index is 0.00866. The lowest BCUT2D eigenvalue weighted by molar-refractivity contribution is -0.133. The lowest BCUT2D eigenvalue weighted by atomic mass is 10.1. The summed E-state index contributed by atoms with van der Waals surface area (Å²) in [5.74, 6) is -0.357. The number of carbonyl (C=O) groups is 3. The molecule has 8 heteroatoms. The highest BCUT2D eigenvalue weighted by molar-refractivity contribution is 6.04. The zero-order valence-corrected chi connectivity index (χ0v) is 14.6. The summed E-state index contributed by atoms with van der Waals surface area (Å²) in [7, 11) is 0. The van der Waals surface area contributed by atoms with Crippen LogP contribution in [-0.2, 0) is 22.7 Å². The van der Waals surface area contributed by atoms with E-state index in [0.717, 1.165) is 30.8 Å². The van der Waals surface area contributed by atoms with Crippen LogP contribution >= 0.6 is 0 Å². The molecule has 0 aliphatic carbocycles. The molecule has 2 fully saturated rings. The monoisotopic (exact) mass is 360 g/mol. The molecule has 26 heavy (non-hydrogen) atoms.